The number of rotatable bonds is 2. The summed E-state index contributed by atoms with van der Waals surface area (Å²) in [6.45, 7) is 1.61. The lowest BCUT2D eigenvalue weighted by molar-refractivity contribution is 0.102. The Morgan fingerprint density at radius 1 is 1.26 bits per heavy atom. The number of benzene rings is 2. The van der Waals surface area contributed by atoms with E-state index in [1.54, 1.807) is 37.3 Å². The minimum Gasteiger partial charge on any atom is -0.321 e. The van der Waals surface area contributed by atoms with Crippen LogP contribution < -0.4 is 5.32 Å². The summed E-state index contributed by atoms with van der Waals surface area (Å²) in [6.07, 6.45) is 0. The van der Waals surface area contributed by atoms with E-state index in [4.69, 9.17) is 11.6 Å². The number of amides is 1. The van der Waals surface area contributed by atoms with E-state index in [0.717, 1.165) is 0 Å². The largest absolute Gasteiger partial charge is 0.321 e. The molecule has 0 atom stereocenters. The van der Waals surface area contributed by atoms with E-state index >= 15 is 0 Å². The van der Waals surface area contributed by atoms with Gasteiger partial charge in [-0.15, -0.1) is 0 Å². The lowest BCUT2D eigenvalue weighted by Gasteiger charge is -2.09. The Morgan fingerprint density at radius 2 is 1.95 bits per heavy atom. The molecule has 0 aliphatic heterocycles. The molecular formula is C14H10BrClFNO. The molecule has 0 radical (unpaired) electrons. The summed E-state index contributed by atoms with van der Waals surface area (Å²) in [5.74, 6) is -1.03. The van der Waals surface area contributed by atoms with Crippen LogP contribution in [-0.4, -0.2) is 5.91 Å². The third-order valence-corrected chi connectivity index (χ3v) is 4.03. The fourth-order valence-electron chi connectivity index (χ4n) is 1.61. The third-order valence-electron chi connectivity index (χ3n) is 2.64. The Balaban J connectivity index is 2.31. The van der Waals surface area contributed by atoms with Crippen LogP contribution in [0.3, 0.4) is 0 Å². The molecule has 0 unspecified atom stereocenters. The highest BCUT2D eigenvalue weighted by Crippen LogP contribution is 2.30. The topological polar surface area (TPSA) is 29.1 Å². The van der Waals surface area contributed by atoms with Gasteiger partial charge in [0.2, 0.25) is 0 Å². The maximum atomic E-state index is 13.8. The van der Waals surface area contributed by atoms with Gasteiger partial charge in [-0.25, -0.2) is 4.39 Å². The van der Waals surface area contributed by atoms with Gasteiger partial charge in [0.25, 0.3) is 5.91 Å². The molecule has 1 N–H and O–H groups in total. The molecule has 19 heavy (non-hydrogen) atoms. The van der Waals surface area contributed by atoms with E-state index < -0.39 is 11.7 Å². The predicted octanol–water partition coefficient (Wildman–Crippen LogP) is 4.80. The average Bonchev–Trinajstić information content (AvgIpc) is 2.38. The van der Waals surface area contributed by atoms with Crippen LogP contribution in [0.25, 0.3) is 0 Å². The van der Waals surface area contributed by atoms with Crippen molar-refractivity contribution in [3.63, 3.8) is 0 Å². The van der Waals surface area contributed by atoms with Crippen molar-refractivity contribution in [1.29, 1.82) is 0 Å². The van der Waals surface area contributed by atoms with Gasteiger partial charge in [-0.1, -0.05) is 29.8 Å². The molecule has 2 aromatic carbocycles. The molecule has 0 fully saturated rings. The number of anilines is 1. The molecule has 0 aromatic heterocycles. The fraction of sp³-hybridized carbons (Fsp3) is 0.0714. The third kappa shape index (κ3) is 2.96. The molecule has 2 aromatic rings. The van der Waals surface area contributed by atoms with E-state index in [2.05, 4.69) is 21.2 Å². The van der Waals surface area contributed by atoms with Crippen molar-refractivity contribution in [2.24, 2.45) is 0 Å². The van der Waals surface area contributed by atoms with Crippen LogP contribution >= 0.6 is 27.5 Å². The van der Waals surface area contributed by atoms with Crippen LogP contribution in [0.1, 0.15) is 15.9 Å². The zero-order valence-corrected chi connectivity index (χ0v) is 12.3. The SMILES string of the molecule is Cc1cccc(C(=O)Nc2cccc(Cl)c2Br)c1F. The molecule has 0 heterocycles. The van der Waals surface area contributed by atoms with Crippen molar-refractivity contribution >= 4 is 39.1 Å². The second kappa shape index (κ2) is 5.72. The van der Waals surface area contributed by atoms with Crippen LogP contribution in [0.5, 0.6) is 0 Å². The van der Waals surface area contributed by atoms with Crippen molar-refractivity contribution in [3.8, 4) is 0 Å². The first-order chi connectivity index (χ1) is 9.00. The number of nitrogens with one attached hydrogen (secondary N) is 1. The molecule has 0 aliphatic carbocycles. The van der Waals surface area contributed by atoms with Gasteiger partial charge in [-0.05, 0) is 46.6 Å². The first-order valence-electron chi connectivity index (χ1n) is 5.51. The summed E-state index contributed by atoms with van der Waals surface area (Å²) in [5.41, 5.74) is 0.933. The minimum atomic E-state index is -0.516. The summed E-state index contributed by atoms with van der Waals surface area (Å²) >= 11 is 9.20. The van der Waals surface area contributed by atoms with Crippen LogP contribution in [0, 0.1) is 12.7 Å². The highest BCUT2D eigenvalue weighted by molar-refractivity contribution is 9.10. The lowest BCUT2D eigenvalue weighted by atomic mass is 10.1. The van der Waals surface area contributed by atoms with Gasteiger partial charge >= 0.3 is 0 Å². The maximum absolute atomic E-state index is 13.8. The Kier molecular flexibility index (Phi) is 4.22. The summed E-state index contributed by atoms with van der Waals surface area (Å²) in [7, 11) is 0. The Labute approximate surface area is 123 Å². The van der Waals surface area contributed by atoms with Crippen molar-refractivity contribution in [3.05, 3.63) is 62.8 Å². The standard InChI is InChI=1S/C14H10BrClFNO/c1-8-4-2-5-9(13(8)17)14(19)18-11-7-3-6-10(16)12(11)15/h2-7H,1H3,(H,18,19). The van der Waals surface area contributed by atoms with Gasteiger partial charge < -0.3 is 5.32 Å². The van der Waals surface area contributed by atoms with Crippen LogP contribution in [0.4, 0.5) is 10.1 Å². The fourth-order valence-corrected chi connectivity index (χ4v) is 2.15. The van der Waals surface area contributed by atoms with Crippen LogP contribution in [0.15, 0.2) is 40.9 Å². The van der Waals surface area contributed by atoms with Crippen molar-refractivity contribution in [2.75, 3.05) is 5.32 Å². The van der Waals surface area contributed by atoms with Gasteiger partial charge in [0.1, 0.15) is 5.82 Å². The van der Waals surface area contributed by atoms with Gasteiger partial charge in [-0.2, -0.15) is 0 Å². The quantitative estimate of drug-likeness (QED) is 0.834. The van der Waals surface area contributed by atoms with Crippen molar-refractivity contribution in [1.82, 2.24) is 0 Å². The monoisotopic (exact) mass is 341 g/mol. The van der Waals surface area contributed by atoms with Crippen molar-refractivity contribution in [2.45, 2.75) is 6.92 Å². The molecule has 2 rings (SSSR count). The van der Waals surface area contributed by atoms with E-state index in [-0.39, 0.29) is 5.56 Å². The normalized spacial score (nSPS) is 10.3. The first-order valence-corrected chi connectivity index (χ1v) is 6.68. The second-order valence-corrected chi connectivity index (χ2v) is 5.19. The molecule has 0 bridgehead atoms. The molecule has 0 spiro atoms. The smallest absolute Gasteiger partial charge is 0.258 e. The Hall–Kier alpha value is -1.39. The van der Waals surface area contributed by atoms with E-state index in [0.29, 0.717) is 20.7 Å². The number of carbonyl (C=O) groups is 1. The van der Waals surface area contributed by atoms with E-state index in [1.807, 2.05) is 0 Å². The minimum absolute atomic E-state index is 0.00637. The summed E-state index contributed by atoms with van der Waals surface area (Å²) in [6, 6.07) is 9.77. The predicted molar refractivity (Wildman–Crippen MR) is 78.2 cm³/mol. The second-order valence-electron chi connectivity index (χ2n) is 3.99. The number of aryl methyl sites for hydroxylation is 1. The summed E-state index contributed by atoms with van der Waals surface area (Å²) < 4.78 is 14.4. The first kappa shape index (κ1) is 14.0. The van der Waals surface area contributed by atoms with Crippen LogP contribution in [0.2, 0.25) is 5.02 Å². The van der Waals surface area contributed by atoms with E-state index in [1.165, 1.54) is 6.07 Å². The molecular weight excluding hydrogens is 333 g/mol. The van der Waals surface area contributed by atoms with Gasteiger partial charge in [0, 0.05) is 0 Å². The average molecular weight is 343 g/mol. The summed E-state index contributed by atoms with van der Waals surface area (Å²) in [5, 5.41) is 3.10. The number of halogens is 3. The molecule has 98 valence electrons. The molecule has 0 saturated carbocycles. The maximum Gasteiger partial charge on any atom is 0.258 e. The Bertz CT molecular complexity index is 645. The highest BCUT2D eigenvalue weighted by atomic mass is 79.9. The van der Waals surface area contributed by atoms with Gasteiger partial charge in [0.15, 0.2) is 0 Å². The number of hydrogen-bond acceptors (Lipinski definition) is 1. The van der Waals surface area contributed by atoms with Crippen LogP contribution in [-0.2, 0) is 0 Å². The zero-order valence-electron chi connectivity index (χ0n) is 10.0. The molecule has 5 heteroatoms. The van der Waals surface area contributed by atoms with Crippen molar-refractivity contribution < 1.29 is 9.18 Å². The molecule has 2 nitrogen and oxygen atoms in total. The molecule has 0 aliphatic rings. The molecule has 1 amide bonds. The van der Waals surface area contributed by atoms with Gasteiger partial charge in [0.05, 0.1) is 20.7 Å². The van der Waals surface area contributed by atoms with Gasteiger partial charge in [-0.3, -0.25) is 4.79 Å². The highest BCUT2D eigenvalue weighted by Gasteiger charge is 2.14. The van der Waals surface area contributed by atoms with E-state index in [9.17, 15) is 9.18 Å². The zero-order chi connectivity index (χ0) is 14.0. The summed E-state index contributed by atoms with van der Waals surface area (Å²) in [4.78, 5) is 12.0. The lowest BCUT2D eigenvalue weighted by Crippen LogP contribution is -2.14. The number of hydrogen-bond donors (Lipinski definition) is 1. The Morgan fingerprint density at radius 3 is 2.68 bits per heavy atom. The number of carbonyl (C=O) groups excluding carboxylic acids is 1. The molecule has 0 saturated heterocycles.